The van der Waals surface area contributed by atoms with Crippen molar-refractivity contribution in [2.75, 3.05) is 18.4 Å². The zero-order valence-corrected chi connectivity index (χ0v) is 16.5. The molecule has 0 aliphatic carbocycles. The number of rotatable bonds is 2. The van der Waals surface area contributed by atoms with Crippen molar-refractivity contribution in [2.45, 2.75) is 18.4 Å². The van der Waals surface area contributed by atoms with E-state index in [0.717, 1.165) is 11.1 Å². The van der Waals surface area contributed by atoms with E-state index in [9.17, 15) is 14.0 Å². The number of nitrogens with zero attached hydrogens (tertiary/aromatic N) is 3. The fourth-order valence-corrected chi connectivity index (χ4v) is 4.21. The van der Waals surface area contributed by atoms with Crippen LogP contribution in [0.25, 0.3) is 11.1 Å². The first-order valence-electron chi connectivity index (χ1n) is 10.0. The summed E-state index contributed by atoms with van der Waals surface area (Å²) >= 11 is 0. The van der Waals surface area contributed by atoms with Gasteiger partial charge < -0.3 is 9.64 Å². The summed E-state index contributed by atoms with van der Waals surface area (Å²) in [7, 11) is 0. The highest BCUT2D eigenvalue weighted by Crippen LogP contribution is 2.45. The monoisotopic (exact) mass is 418 g/mol. The lowest BCUT2D eigenvalue weighted by molar-refractivity contribution is -0.0377. The van der Waals surface area contributed by atoms with Crippen molar-refractivity contribution in [3.8, 4) is 11.1 Å². The lowest BCUT2D eigenvalue weighted by Crippen LogP contribution is -2.47. The minimum atomic E-state index is -1.01. The molecule has 3 heterocycles. The zero-order chi connectivity index (χ0) is 21.4. The van der Waals surface area contributed by atoms with E-state index in [2.05, 4.69) is 15.3 Å². The molecule has 5 rings (SSSR count). The number of hydrogen-bond donors (Lipinski definition) is 1. The van der Waals surface area contributed by atoms with Gasteiger partial charge in [-0.2, -0.15) is 0 Å². The Bertz CT molecular complexity index is 1140. The Hall–Kier alpha value is -3.81. The van der Waals surface area contributed by atoms with Gasteiger partial charge in [-0.3, -0.25) is 5.32 Å². The molecule has 1 aromatic heterocycles. The molecule has 7 nitrogen and oxygen atoms in total. The van der Waals surface area contributed by atoms with E-state index >= 15 is 0 Å². The molecule has 0 atom stereocenters. The van der Waals surface area contributed by atoms with Gasteiger partial charge >= 0.3 is 12.0 Å². The minimum absolute atomic E-state index is 0.202. The summed E-state index contributed by atoms with van der Waals surface area (Å²) in [5, 5.41) is 2.69. The molecule has 1 spiro atoms. The molecule has 0 saturated carbocycles. The van der Waals surface area contributed by atoms with E-state index < -0.39 is 17.4 Å². The number of aromatic nitrogens is 2. The van der Waals surface area contributed by atoms with E-state index in [1.165, 1.54) is 12.1 Å². The third kappa shape index (κ3) is 3.39. The number of amides is 2. The van der Waals surface area contributed by atoms with Gasteiger partial charge in [0.2, 0.25) is 5.95 Å². The highest BCUT2D eigenvalue weighted by Gasteiger charge is 2.49. The van der Waals surface area contributed by atoms with Crippen LogP contribution in [0.4, 0.5) is 15.1 Å². The van der Waals surface area contributed by atoms with Crippen LogP contribution in [-0.4, -0.2) is 40.0 Å². The fraction of sp³-hybridized carbons (Fsp3) is 0.217. The number of carbonyl (C=O) groups is 2. The Kier molecular flexibility index (Phi) is 4.62. The third-order valence-electron chi connectivity index (χ3n) is 5.81. The molecule has 31 heavy (non-hydrogen) atoms. The van der Waals surface area contributed by atoms with Crippen molar-refractivity contribution in [3.63, 3.8) is 0 Å². The van der Waals surface area contributed by atoms with Gasteiger partial charge in [0.1, 0.15) is 11.4 Å². The molecule has 1 fully saturated rings. The molecular formula is C23H19FN4O3. The number of urea groups is 1. The van der Waals surface area contributed by atoms with Crippen LogP contribution in [0.3, 0.4) is 0 Å². The number of likely N-dealkylation sites (tertiary alicyclic amines) is 1. The number of hydrogen-bond acceptors (Lipinski definition) is 5. The van der Waals surface area contributed by atoms with E-state index in [1.807, 2.05) is 30.3 Å². The maximum atomic E-state index is 14.5. The topological polar surface area (TPSA) is 84.4 Å². The summed E-state index contributed by atoms with van der Waals surface area (Å²) in [6.45, 7) is 0.629. The standard InChI is InChI=1S/C23H19FN4O3/c24-18-8-4-7-17-19(18)23(31-20(17)29)9-11-28(12-10-23)22(30)27-21-25-13-16(14-26-21)15-5-2-1-3-6-15/h1-8,13-14H,9-12H2,(H,25,26,27,30). The molecule has 156 valence electrons. The van der Waals surface area contributed by atoms with Crippen molar-refractivity contribution in [2.24, 2.45) is 0 Å². The van der Waals surface area contributed by atoms with Gasteiger partial charge in [-0.15, -0.1) is 0 Å². The van der Waals surface area contributed by atoms with Gasteiger partial charge in [-0.25, -0.2) is 23.9 Å². The summed E-state index contributed by atoms with van der Waals surface area (Å²) in [6, 6.07) is 13.8. The smallest absolute Gasteiger partial charge is 0.339 e. The first-order valence-corrected chi connectivity index (χ1v) is 10.0. The van der Waals surface area contributed by atoms with Crippen LogP contribution in [0.15, 0.2) is 60.9 Å². The minimum Gasteiger partial charge on any atom is -0.450 e. The van der Waals surface area contributed by atoms with Crippen molar-refractivity contribution >= 4 is 17.9 Å². The summed E-state index contributed by atoms with van der Waals surface area (Å²) in [6.07, 6.45) is 3.96. The fourth-order valence-electron chi connectivity index (χ4n) is 4.21. The van der Waals surface area contributed by atoms with Crippen LogP contribution in [0.1, 0.15) is 28.8 Å². The second kappa shape index (κ2) is 7.46. The number of anilines is 1. The van der Waals surface area contributed by atoms with Crippen LogP contribution in [0, 0.1) is 5.82 Å². The van der Waals surface area contributed by atoms with Crippen molar-refractivity contribution in [1.82, 2.24) is 14.9 Å². The highest BCUT2D eigenvalue weighted by atomic mass is 19.1. The van der Waals surface area contributed by atoms with Crippen LogP contribution in [0.5, 0.6) is 0 Å². The molecule has 2 amide bonds. The van der Waals surface area contributed by atoms with Gasteiger partial charge in [0, 0.05) is 49.5 Å². The second-order valence-electron chi connectivity index (χ2n) is 7.62. The maximum Gasteiger partial charge on any atom is 0.339 e. The molecule has 0 bridgehead atoms. The molecule has 0 radical (unpaired) electrons. The van der Waals surface area contributed by atoms with Crippen molar-refractivity contribution in [3.05, 3.63) is 77.9 Å². The van der Waals surface area contributed by atoms with Crippen LogP contribution >= 0.6 is 0 Å². The number of benzene rings is 2. The maximum absolute atomic E-state index is 14.5. The van der Waals surface area contributed by atoms with E-state index in [-0.39, 0.29) is 17.5 Å². The molecule has 2 aliphatic rings. The van der Waals surface area contributed by atoms with E-state index in [0.29, 0.717) is 31.5 Å². The quantitative estimate of drug-likeness (QED) is 0.637. The molecule has 2 aromatic carbocycles. The van der Waals surface area contributed by atoms with Crippen LogP contribution < -0.4 is 5.32 Å². The summed E-state index contributed by atoms with van der Waals surface area (Å²) in [5.41, 5.74) is 1.40. The lowest BCUT2D eigenvalue weighted by atomic mass is 9.83. The molecule has 1 N–H and O–H groups in total. The van der Waals surface area contributed by atoms with Crippen molar-refractivity contribution < 1.29 is 18.7 Å². The normalized spacial score (nSPS) is 16.7. The average molecular weight is 418 g/mol. The number of esters is 1. The lowest BCUT2D eigenvalue weighted by Gasteiger charge is -2.38. The number of ether oxygens (including phenoxy) is 1. The predicted octanol–water partition coefficient (Wildman–Crippen LogP) is 3.98. The average Bonchev–Trinajstić information content (AvgIpc) is 3.07. The molecule has 2 aliphatic heterocycles. The number of carbonyl (C=O) groups excluding carboxylic acids is 2. The first kappa shape index (κ1) is 19.2. The van der Waals surface area contributed by atoms with Crippen molar-refractivity contribution in [1.29, 1.82) is 0 Å². The summed E-state index contributed by atoms with van der Waals surface area (Å²) in [4.78, 5) is 34.9. The van der Waals surface area contributed by atoms with Gasteiger partial charge in [-0.05, 0) is 17.7 Å². The second-order valence-corrected chi connectivity index (χ2v) is 7.62. The van der Waals surface area contributed by atoms with E-state index in [4.69, 9.17) is 4.74 Å². The zero-order valence-electron chi connectivity index (χ0n) is 16.5. The summed E-state index contributed by atoms with van der Waals surface area (Å²) < 4.78 is 20.0. The van der Waals surface area contributed by atoms with Gasteiger partial charge in [0.05, 0.1) is 5.56 Å². The predicted molar refractivity (Wildman–Crippen MR) is 111 cm³/mol. The molecule has 3 aromatic rings. The Balaban J connectivity index is 1.25. The van der Waals surface area contributed by atoms with Gasteiger partial charge in [0.15, 0.2) is 0 Å². The number of fused-ring (bicyclic) bond motifs is 2. The number of piperidine rings is 1. The SMILES string of the molecule is O=C1OC2(CCN(C(=O)Nc3ncc(-c4ccccc4)cn3)CC2)c2c(F)cccc21. The highest BCUT2D eigenvalue weighted by molar-refractivity contribution is 5.95. The van der Waals surface area contributed by atoms with Gasteiger partial charge in [-0.1, -0.05) is 36.4 Å². The first-order chi connectivity index (χ1) is 15.1. The van der Waals surface area contributed by atoms with Crippen LogP contribution in [-0.2, 0) is 10.3 Å². The molecule has 1 saturated heterocycles. The van der Waals surface area contributed by atoms with Crippen LogP contribution in [0.2, 0.25) is 0 Å². The molecular weight excluding hydrogens is 399 g/mol. The number of nitrogens with one attached hydrogen (secondary N) is 1. The van der Waals surface area contributed by atoms with Gasteiger partial charge in [0.25, 0.3) is 0 Å². The Labute approximate surface area is 177 Å². The van der Waals surface area contributed by atoms with E-state index in [1.54, 1.807) is 23.4 Å². The Morgan fingerprint density at radius 3 is 2.42 bits per heavy atom. The third-order valence-corrected chi connectivity index (χ3v) is 5.81. The Morgan fingerprint density at radius 2 is 1.71 bits per heavy atom. The Morgan fingerprint density at radius 1 is 1.00 bits per heavy atom. The number of halogens is 1. The summed E-state index contributed by atoms with van der Waals surface area (Å²) in [5.74, 6) is -0.763. The molecule has 8 heteroatoms. The molecule has 0 unspecified atom stereocenters. The largest absolute Gasteiger partial charge is 0.450 e.